The van der Waals surface area contributed by atoms with Gasteiger partial charge >= 0.3 is 0 Å². The maximum absolute atomic E-state index is 12.7. The van der Waals surface area contributed by atoms with Crippen molar-refractivity contribution < 1.29 is 4.79 Å². The maximum Gasteiger partial charge on any atom is 0.223 e. The van der Waals surface area contributed by atoms with E-state index in [4.69, 9.17) is 0 Å². The number of hydrogen-bond acceptors (Lipinski definition) is 5. The van der Waals surface area contributed by atoms with Gasteiger partial charge in [0.15, 0.2) is 11.6 Å². The summed E-state index contributed by atoms with van der Waals surface area (Å²) in [6.07, 6.45) is 6.17. The van der Waals surface area contributed by atoms with Gasteiger partial charge in [0.2, 0.25) is 5.91 Å². The summed E-state index contributed by atoms with van der Waals surface area (Å²) in [6.45, 7) is 5.98. The highest BCUT2D eigenvalue weighted by atomic mass is 16.1. The van der Waals surface area contributed by atoms with E-state index in [2.05, 4.69) is 68.6 Å². The van der Waals surface area contributed by atoms with Crippen molar-refractivity contribution >= 4 is 17.5 Å². The molecule has 2 fully saturated rings. The summed E-state index contributed by atoms with van der Waals surface area (Å²) in [7, 11) is 0. The third-order valence-electron chi connectivity index (χ3n) is 6.35. The number of carbonyl (C=O) groups is 1. The number of aromatic nitrogens is 2. The number of anilines is 2. The molecule has 0 bridgehead atoms. The number of nitrogens with one attached hydrogen (secondary N) is 1. The molecule has 2 aliphatic heterocycles. The molecule has 0 aliphatic carbocycles. The Morgan fingerprint density at radius 1 is 0.967 bits per heavy atom. The first-order valence-corrected chi connectivity index (χ1v) is 11.4. The minimum Gasteiger partial charge on any atom is -0.355 e. The first-order valence-electron chi connectivity index (χ1n) is 11.4. The van der Waals surface area contributed by atoms with Gasteiger partial charge in [-0.1, -0.05) is 30.3 Å². The van der Waals surface area contributed by atoms with Gasteiger partial charge in [-0.15, -0.1) is 10.2 Å². The van der Waals surface area contributed by atoms with Crippen molar-refractivity contribution in [2.45, 2.75) is 51.5 Å². The highest BCUT2D eigenvalue weighted by Crippen LogP contribution is 2.24. The molecule has 1 aromatic heterocycles. The third kappa shape index (κ3) is 5.29. The van der Waals surface area contributed by atoms with Crippen LogP contribution in [-0.4, -0.2) is 48.3 Å². The van der Waals surface area contributed by atoms with Gasteiger partial charge in [-0.3, -0.25) is 4.79 Å². The number of piperidine rings is 1. The van der Waals surface area contributed by atoms with Crippen LogP contribution in [-0.2, 0) is 11.2 Å². The smallest absolute Gasteiger partial charge is 0.223 e. The van der Waals surface area contributed by atoms with Crippen LogP contribution in [0.1, 0.15) is 44.6 Å². The van der Waals surface area contributed by atoms with Crippen molar-refractivity contribution in [2.75, 3.05) is 36.0 Å². The van der Waals surface area contributed by atoms with Gasteiger partial charge in [-0.05, 0) is 63.1 Å². The number of benzene rings is 1. The molecule has 2 aromatic rings. The molecule has 1 atom stereocenters. The Balaban J connectivity index is 1.21. The Morgan fingerprint density at radius 2 is 1.57 bits per heavy atom. The molecule has 1 aromatic carbocycles. The average Bonchev–Trinajstić information content (AvgIpc) is 3.34. The van der Waals surface area contributed by atoms with Crippen molar-refractivity contribution in [3.63, 3.8) is 0 Å². The second kappa shape index (κ2) is 9.92. The van der Waals surface area contributed by atoms with E-state index in [1.54, 1.807) is 0 Å². The normalized spacial score (nSPS) is 18.4. The van der Waals surface area contributed by atoms with Crippen LogP contribution in [0.5, 0.6) is 0 Å². The zero-order valence-electron chi connectivity index (χ0n) is 18.0. The van der Waals surface area contributed by atoms with Crippen LogP contribution in [0, 0.1) is 5.92 Å². The van der Waals surface area contributed by atoms with Crippen LogP contribution < -0.4 is 15.1 Å². The Morgan fingerprint density at radius 3 is 2.17 bits per heavy atom. The molecule has 1 amide bonds. The maximum atomic E-state index is 12.7. The first-order chi connectivity index (χ1) is 14.7. The quantitative estimate of drug-likeness (QED) is 0.762. The highest BCUT2D eigenvalue weighted by molar-refractivity contribution is 5.79. The van der Waals surface area contributed by atoms with E-state index in [1.807, 2.05) is 6.07 Å². The van der Waals surface area contributed by atoms with Crippen LogP contribution in [0.2, 0.25) is 0 Å². The molecule has 0 radical (unpaired) electrons. The molecule has 160 valence electrons. The predicted molar refractivity (Wildman–Crippen MR) is 121 cm³/mol. The van der Waals surface area contributed by atoms with Crippen molar-refractivity contribution in [2.24, 2.45) is 5.92 Å². The fourth-order valence-corrected chi connectivity index (χ4v) is 4.43. The lowest BCUT2D eigenvalue weighted by molar-refractivity contribution is -0.126. The Hall–Kier alpha value is -2.63. The third-order valence-corrected chi connectivity index (χ3v) is 6.35. The summed E-state index contributed by atoms with van der Waals surface area (Å²) in [5.74, 6) is 2.20. The monoisotopic (exact) mass is 407 g/mol. The van der Waals surface area contributed by atoms with E-state index in [0.717, 1.165) is 63.5 Å². The van der Waals surface area contributed by atoms with Gasteiger partial charge in [0.05, 0.1) is 0 Å². The minimum atomic E-state index is 0.0947. The summed E-state index contributed by atoms with van der Waals surface area (Å²) in [6, 6.07) is 14.8. The molecular weight excluding hydrogens is 374 g/mol. The zero-order chi connectivity index (χ0) is 20.8. The second-order valence-corrected chi connectivity index (χ2v) is 8.64. The molecule has 2 aliphatic rings. The number of aryl methyl sites for hydroxylation is 1. The molecule has 1 unspecified atom stereocenters. The molecule has 6 nitrogen and oxygen atoms in total. The van der Waals surface area contributed by atoms with E-state index >= 15 is 0 Å². The fraction of sp³-hybridized carbons (Fsp3) is 0.542. The van der Waals surface area contributed by atoms with Gasteiger partial charge in [-0.25, -0.2) is 0 Å². The van der Waals surface area contributed by atoms with Crippen molar-refractivity contribution in [1.29, 1.82) is 0 Å². The molecular formula is C24H33N5O. The van der Waals surface area contributed by atoms with Gasteiger partial charge < -0.3 is 15.1 Å². The summed E-state index contributed by atoms with van der Waals surface area (Å²) < 4.78 is 0. The molecule has 3 heterocycles. The van der Waals surface area contributed by atoms with Gasteiger partial charge in [0, 0.05) is 38.1 Å². The predicted octanol–water partition coefficient (Wildman–Crippen LogP) is 3.43. The molecule has 4 rings (SSSR count). The second-order valence-electron chi connectivity index (χ2n) is 8.64. The van der Waals surface area contributed by atoms with Crippen LogP contribution >= 0.6 is 0 Å². The van der Waals surface area contributed by atoms with E-state index in [0.29, 0.717) is 0 Å². The van der Waals surface area contributed by atoms with Crippen LogP contribution in [0.4, 0.5) is 11.6 Å². The van der Waals surface area contributed by atoms with E-state index in [9.17, 15) is 4.79 Å². The van der Waals surface area contributed by atoms with Crippen molar-refractivity contribution in [3.8, 4) is 0 Å². The van der Waals surface area contributed by atoms with Crippen molar-refractivity contribution in [1.82, 2.24) is 15.5 Å². The summed E-state index contributed by atoms with van der Waals surface area (Å²) in [4.78, 5) is 17.2. The number of rotatable bonds is 7. The summed E-state index contributed by atoms with van der Waals surface area (Å²) in [5, 5.41) is 12.1. The van der Waals surface area contributed by atoms with Crippen LogP contribution in [0.3, 0.4) is 0 Å². The molecule has 0 saturated carbocycles. The highest BCUT2D eigenvalue weighted by Gasteiger charge is 2.26. The first kappa shape index (κ1) is 20.6. The lowest BCUT2D eigenvalue weighted by Crippen LogP contribution is -2.43. The van der Waals surface area contributed by atoms with E-state index < -0.39 is 0 Å². The number of hydrogen-bond donors (Lipinski definition) is 1. The van der Waals surface area contributed by atoms with Gasteiger partial charge in [0.25, 0.3) is 0 Å². The molecule has 2 saturated heterocycles. The minimum absolute atomic E-state index is 0.0947. The molecule has 0 spiro atoms. The summed E-state index contributed by atoms with van der Waals surface area (Å²) >= 11 is 0. The van der Waals surface area contributed by atoms with Crippen molar-refractivity contribution in [3.05, 3.63) is 48.0 Å². The number of carbonyl (C=O) groups excluding carboxylic acids is 1. The Labute approximate surface area is 179 Å². The Kier molecular flexibility index (Phi) is 6.82. The molecule has 30 heavy (non-hydrogen) atoms. The van der Waals surface area contributed by atoms with Gasteiger partial charge in [-0.2, -0.15) is 0 Å². The summed E-state index contributed by atoms with van der Waals surface area (Å²) in [5.41, 5.74) is 1.32. The Bertz CT molecular complexity index is 796. The standard InChI is InChI=1S/C24H33N5O/c1-19(9-10-20-7-3-2-4-8-20)25-24(30)21-13-17-29(18-14-21)23-12-11-22(26-27-23)28-15-5-6-16-28/h2-4,7-8,11-12,19,21H,5-6,9-10,13-18H2,1H3,(H,25,30). The molecule has 6 heteroatoms. The van der Waals surface area contributed by atoms with E-state index in [-0.39, 0.29) is 17.9 Å². The molecule has 1 N–H and O–H groups in total. The number of amides is 1. The average molecular weight is 408 g/mol. The largest absolute Gasteiger partial charge is 0.355 e. The lowest BCUT2D eigenvalue weighted by atomic mass is 9.95. The zero-order valence-corrected chi connectivity index (χ0v) is 18.0. The SMILES string of the molecule is CC(CCc1ccccc1)NC(=O)C1CCN(c2ccc(N3CCCC3)nn2)CC1. The fourth-order valence-electron chi connectivity index (χ4n) is 4.43. The van der Waals surface area contributed by atoms with Crippen LogP contribution in [0.25, 0.3) is 0 Å². The number of nitrogens with zero attached hydrogens (tertiary/aromatic N) is 4. The topological polar surface area (TPSA) is 61.4 Å². The van der Waals surface area contributed by atoms with E-state index in [1.165, 1.54) is 18.4 Å². The van der Waals surface area contributed by atoms with Gasteiger partial charge in [0.1, 0.15) is 0 Å². The lowest BCUT2D eigenvalue weighted by Gasteiger charge is -2.32. The van der Waals surface area contributed by atoms with Crippen LogP contribution in [0.15, 0.2) is 42.5 Å².